The van der Waals surface area contributed by atoms with Gasteiger partial charge in [-0.2, -0.15) is 0 Å². The third kappa shape index (κ3) is 5.14. The van der Waals surface area contributed by atoms with Gasteiger partial charge in [0.05, 0.1) is 19.0 Å². The number of thioether (sulfide) groups is 1. The Kier molecular flexibility index (Phi) is 6.91. The van der Waals surface area contributed by atoms with Crippen molar-refractivity contribution in [2.24, 2.45) is 0 Å². The van der Waals surface area contributed by atoms with Crippen LogP contribution in [0, 0.1) is 6.92 Å². The third-order valence-electron chi connectivity index (χ3n) is 5.48. The van der Waals surface area contributed by atoms with E-state index in [1.807, 2.05) is 13.0 Å². The van der Waals surface area contributed by atoms with Gasteiger partial charge in [0.1, 0.15) is 11.6 Å². The molecule has 0 aromatic carbocycles. The van der Waals surface area contributed by atoms with E-state index >= 15 is 0 Å². The first-order valence-corrected chi connectivity index (χ1v) is 11.5. The number of hydrogen-bond donors (Lipinski definition) is 0. The number of amides is 1. The lowest BCUT2D eigenvalue weighted by Gasteiger charge is -2.34. The molecule has 4 heterocycles. The van der Waals surface area contributed by atoms with Crippen LogP contribution in [-0.2, 0) is 10.5 Å². The molecule has 2 fully saturated rings. The number of nitrogens with zero attached hydrogens (tertiary/aromatic N) is 5. The van der Waals surface area contributed by atoms with E-state index in [1.54, 1.807) is 11.0 Å². The Morgan fingerprint density at radius 2 is 1.87 bits per heavy atom. The first kappa shape index (κ1) is 21.1. The van der Waals surface area contributed by atoms with Gasteiger partial charge in [-0.1, -0.05) is 18.7 Å². The number of piperazine rings is 1. The van der Waals surface area contributed by atoms with Crippen LogP contribution >= 0.6 is 11.8 Å². The molecule has 1 amide bonds. The van der Waals surface area contributed by atoms with Gasteiger partial charge >= 0.3 is 0 Å². The fourth-order valence-electron chi connectivity index (χ4n) is 3.67. The zero-order valence-electron chi connectivity index (χ0n) is 17.7. The summed E-state index contributed by atoms with van der Waals surface area (Å²) in [6, 6.07) is 5.67. The van der Waals surface area contributed by atoms with Crippen LogP contribution in [0.5, 0.6) is 0 Å². The van der Waals surface area contributed by atoms with E-state index < -0.39 is 0 Å². The lowest BCUT2D eigenvalue weighted by atomic mass is 10.3. The predicted molar refractivity (Wildman–Crippen MR) is 116 cm³/mol. The number of morpholine rings is 1. The van der Waals surface area contributed by atoms with Gasteiger partial charge in [0.25, 0.3) is 5.91 Å². The zero-order chi connectivity index (χ0) is 20.9. The number of ether oxygens (including phenoxy) is 1. The summed E-state index contributed by atoms with van der Waals surface area (Å²) in [7, 11) is 0. The molecule has 0 atom stereocenters. The molecule has 0 bridgehead atoms. The van der Waals surface area contributed by atoms with Crippen LogP contribution in [-0.4, -0.2) is 84.7 Å². The van der Waals surface area contributed by atoms with E-state index in [1.165, 1.54) is 11.8 Å². The van der Waals surface area contributed by atoms with Gasteiger partial charge in [-0.05, 0) is 25.6 Å². The van der Waals surface area contributed by atoms with Crippen LogP contribution in [0.3, 0.4) is 0 Å². The summed E-state index contributed by atoms with van der Waals surface area (Å²) in [5.41, 5.74) is 0.961. The van der Waals surface area contributed by atoms with Crippen molar-refractivity contribution in [3.63, 3.8) is 0 Å². The molecule has 8 nitrogen and oxygen atoms in total. The summed E-state index contributed by atoms with van der Waals surface area (Å²) >= 11 is 1.53. The fourth-order valence-corrected chi connectivity index (χ4v) is 4.47. The van der Waals surface area contributed by atoms with Gasteiger partial charge in [0, 0.05) is 51.0 Å². The average Bonchev–Trinajstić information content (AvgIpc) is 3.26. The summed E-state index contributed by atoms with van der Waals surface area (Å²) < 4.78 is 11.1. The molecule has 4 rings (SSSR count). The van der Waals surface area contributed by atoms with Crippen molar-refractivity contribution in [1.82, 2.24) is 19.8 Å². The maximum Gasteiger partial charge on any atom is 0.289 e. The SMILES string of the molecule is CCN1CCN(c2cc(C)nc(SCc3ccc(C(=O)N4CCOCC4)o3)n2)CC1. The van der Waals surface area contributed by atoms with Gasteiger partial charge in [0.2, 0.25) is 0 Å². The molecule has 2 aliphatic heterocycles. The standard InChI is InChI=1S/C21H29N5O3S/c1-3-24-6-8-25(9-7-24)19-14-16(2)22-21(23-19)30-15-17-4-5-18(29-17)20(27)26-10-12-28-13-11-26/h4-5,14H,3,6-13,15H2,1-2H3. The zero-order valence-corrected chi connectivity index (χ0v) is 18.5. The predicted octanol–water partition coefficient (Wildman–Crippen LogP) is 2.28. The van der Waals surface area contributed by atoms with Crippen molar-refractivity contribution in [2.75, 3.05) is 63.9 Å². The van der Waals surface area contributed by atoms with E-state index in [4.69, 9.17) is 14.1 Å². The highest BCUT2D eigenvalue weighted by atomic mass is 32.2. The van der Waals surface area contributed by atoms with Gasteiger partial charge in [0.15, 0.2) is 10.9 Å². The largest absolute Gasteiger partial charge is 0.455 e. The van der Waals surface area contributed by atoms with Crippen molar-refractivity contribution in [1.29, 1.82) is 0 Å². The van der Waals surface area contributed by atoms with E-state index in [0.717, 1.165) is 55.2 Å². The Labute approximate surface area is 181 Å². The van der Waals surface area contributed by atoms with Gasteiger partial charge in [-0.25, -0.2) is 9.97 Å². The Hall–Kier alpha value is -2.10. The van der Waals surface area contributed by atoms with Crippen LogP contribution in [0.1, 0.15) is 28.9 Å². The molecule has 162 valence electrons. The van der Waals surface area contributed by atoms with Crippen molar-refractivity contribution in [3.8, 4) is 0 Å². The molecule has 2 aliphatic rings. The second-order valence-electron chi connectivity index (χ2n) is 7.53. The molecule has 2 aromatic heterocycles. The number of hydrogen-bond acceptors (Lipinski definition) is 8. The maximum atomic E-state index is 12.5. The lowest BCUT2D eigenvalue weighted by Crippen LogP contribution is -2.46. The monoisotopic (exact) mass is 431 g/mol. The number of carbonyl (C=O) groups is 1. The molecule has 0 saturated carbocycles. The molecular weight excluding hydrogens is 402 g/mol. The molecule has 30 heavy (non-hydrogen) atoms. The Balaban J connectivity index is 1.36. The lowest BCUT2D eigenvalue weighted by molar-refractivity contribution is 0.0282. The number of anilines is 1. The molecule has 0 radical (unpaired) electrons. The highest BCUT2D eigenvalue weighted by molar-refractivity contribution is 7.98. The van der Waals surface area contributed by atoms with Gasteiger partial charge < -0.3 is 23.9 Å². The van der Waals surface area contributed by atoms with Gasteiger partial charge in [-0.3, -0.25) is 4.79 Å². The number of furan rings is 1. The molecule has 9 heteroatoms. The number of likely N-dealkylation sites (N-methyl/N-ethyl adjacent to an activating group) is 1. The summed E-state index contributed by atoms with van der Waals surface area (Å²) in [6.45, 7) is 11.8. The molecular formula is C21H29N5O3S. The van der Waals surface area contributed by atoms with E-state index in [2.05, 4.69) is 27.8 Å². The maximum absolute atomic E-state index is 12.5. The normalized spacial score (nSPS) is 18.1. The van der Waals surface area contributed by atoms with E-state index in [-0.39, 0.29) is 5.91 Å². The minimum atomic E-state index is -0.0742. The average molecular weight is 432 g/mol. The second-order valence-corrected chi connectivity index (χ2v) is 8.47. The smallest absolute Gasteiger partial charge is 0.289 e. The van der Waals surface area contributed by atoms with Crippen molar-refractivity contribution >= 4 is 23.5 Å². The Morgan fingerprint density at radius 3 is 2.60 bits per heavy atom. The summed E-state index contributed by atoms with van der Waals surface area (Å²) in [5, 5.41) is 0.736. The summed E-state index contributed by atoms with van der Waals surface area (Å²) in [5.74, 6) is 2.63. The number of carbonyl (C=O) groups excluding carboxylic acids is 1. The summed E-state index contributed by atoms with van der Waals surface area (Å²) in [6.07, 6.45) is 0. The first-order chi connectivity index (χ1) is 14.6. The van der Waals surface area contributed by atoms with Crippen LogP contribution in [0.25, 0.3) is 0 Å². The number of aryl methyl sites for hydroxylation is 1. The van der Waals surface area contributed by atoms with Crippen molar-refractivity contribution in [3.05, 3.63) is 35.4 Å². The second kappa shape index (κ2) is 9.80. The highest BCUT2D eigenvalue weighted by Gasteiger charge is 2.22. The molecule has 0 unspecified atom stereocenters. The molecule has 0 N–H and O–H groups in total. The van der Waals surface area contributed by atoms with Gasteiger partial charge in [-0.15, -0.1) is 0 Å². The van der Waals surface area contributed by atoms with E-state index in [9.17, 15) is 4.79 Å². The molecule has 2 aromatic rings. The van der Waals surface area contributed by atoms with Crippen LogP contribution < -0.4 is 4.90 Å². The van der Waals surface area contributed by atoms with Crippen LogP contribution in [0.15, 0.2) is 27.8 Å². The topological polar surface area (TPSA) is 74.9 Å². The third-order valence-corrected chi connectivity index (χ3v) is 6.35. The molecule has 0 spiro atoms. The Morgan fingerprint density at radius 1 is 1.10 bits per heavy atom. The fraction of sp³-hybridized carbons (Fsp3) is 0.571. The van der Waals surface area contributed by atoms with Crippen LogP contribution in [0.4, 0.5) is 5.82 Å². The van der Waals surface area contributed by atoms with Crippen LogP contribution in [0.2, 0.25) is 0 Å². The molecule has 2 saturated heterocycles. The quantitative estimate of drug-likeness (QED) is 0.509. The number of aromatic nitrogens is 2. The van der Waals surface area contributed by atoms with Crippen molar-refractivity contribution in [2.45, 2.75) is 24.8 Å². The number of rotatable bonds is 6. The Bertz CT molecular complexity index is 860. The van der Waals surface area contributed by atoms with E-state index in [0.29, 0.717) is 37.8 Å². The molecule has 0 aliphatic carbocycles. The van der Waals surface area contributed by atoms with Crippen molar-refractivity contribution < 1.29 is 13.9 Å². The highest BCUT2D eigenvalue weighted by Crippen LogP contribution is 2.25. The minimum Gasteiger partial charge on any atom is -0.455 e. The summed E-state index contributed by atoms with van der Waals surface area (Å²) in [4.78, 5) is 28.4. The first-order valence-electron chi connectivity index (χ1n) is 10.5. The minimum absolute atomic E-state index is 0.0742.